The second-order valence-electron chi connectivity index (χ2n) is 8.98. The van der Waals surface area contributed by atoms with Crippen LogP contribution in [-0.2, 0) is 10.5 Å². The molecule has 0 aromatic heterocycles. The smallest absolute Gasteiger partial charge is 0.276 e. The van der Waals surface area contributed by atoms with Gasteiger partial charge in [-0.3, -0.25) is 15.1 Å². The Labute approximate surface area is 219 Å². The topological polar surface area (TPSA) is 66.3 Å². The predicted octanol–water partition coefficient (Wildman–Crippen LogP) is 4.62. The Balaban J connectivity index is 1.50. The van der Waals surface area contributed by atoms with Crippen molar-refractivity contribution in [2.24, 2.45) is 10.1 Å². The SMILES string of the molecule is CCOc1ccc2ccccc2c1[C@H]1N=c2ccccc2=C2C(=O)NC(SCc3ccc(C)cc3)=NN21. The summed E-state index contributed by atoms with van der Waals surface area (Å²) in [6, 6.07) is 28.3. The van der Waals surface area contributed by atoms with Gasteiger partial charge >= 0.3 is 0 Å². The van der Waals surface area contributed by atoms with E-state index < -0.39 is 6.17 Å². The van der Waals surface area contributed by atoms with Gasteiger partial charge in [0.25, 0.3) is 5.91 Å². The van der Waals surface area contributed by atoms with Gasteiger partial charge in [0.1, 0.15) is 11.4 Å². The molecule has 1 amide bonds. The fourth-order valence-electron chi connectivity index (χ4n) is 4.74. The van der Waals surface area contributed by atoms with Crippen LogP contribution >= 0.6 is 11.8 Å². The van der Waals surface area contributed by atoms with Crippen LogP contribution in [0.25, 0.3) is 16.5 Å². The highest BCUT2D eigenvalue weighted by molar-refractivity contribution is 8.13. The van der Waals surface area contributed by atoms with E-state index in [2.05, 4.69) is 54.7 Å². The third-order valence-electron chi connectivity index (χ3n) is 6.50. The van der Waals surface area contributed by atoms with Crippen molar-refractivity contribution in [1.82, 2.24) is 10.3 Å². The van der Waals surface area contributed by atoms with Gasteiger partial charge in [-0.1, -0.05) is 90.1 Å². The maximum atomic E-state index is 13.6. The van der Waals surface area contributed by atoms with Gasteiger partial charge in [0.15, 0.2) is 11.3 Å². The van der Waals surface area contributed by atoms with Crippen molar-refractivity contribution < 1.29 is 9.53 Å². The number of hydrazone groups is 1. The number of thioether (sulfide) groups is 1. The van der Waals surface area contributed by atoms with E-state index in [9.17, 15) is 4.79 Å². The Kier molecular flexibility index (Phi) is 6.14. The number of fused-ring (bicyclic) bond motifs is 3. The second kappa shape index (κ2) is 9.75. The third-order valence-corrected chi connectivity index (χ3v) is 7.44. The molecular weight excluding hydrogens is 480 g/mol. The lowest BCUT2D eigenvalue weighted by molar-refractivity contribution is -0.116. The van der Waals surface area contributed by atoms with Crippen molar-refractivity contribution in [2.75, 3.05) is 6.61 Å². The minimum absolute atomic E-state index is 0.188. The molecule has 1 atom stereocenters. The first-order chi connectivity index (χ1) is 18.1. The molecular formula is C30H26N4O2S. The van der Waals surface area contributed by atoms with E-state index in [0.29, 0.717) is 23.2 Å². The van der Waals surface area contributed by atoms with Crippen LogP contribution in [0.5, 0.6) is 5.75 Å². The molecule has 0 saturated heterocycles. The van der Waals surface area contributed by atoms with Crippen molar-refractivity contribution in [3.05, 3.63) is 112 Å². The number of aryl methyl sites for hydroxylation is 1. The van der Waals surface area contributed by atoms with Crippen molar-refractivity contribution in [1.29, 1.82) is 0 Å². The first-order valence-corrected chi connectivity index (χ1v) is 13.3. The van der Waals surface area contributed by atoms with Gasteiger partial charge in [-0.05, 0) is 42.3 Å². The number of amides is 1. The van der Waals surface area contributed by atoms with Crippen LogP contribution in [0.15, 0.2) is 95.0 Å². The number of rotatable bonds is 5. The van der Waals surface area contributed by atoms with E-state index in [1.807, 2.05) is 49.4 Å². The Morgan fingerprint density at radius 1 is 0.973 bits per heavy atom. The number of hydrogen-bond acceptors (Lipinski definition) is 6. The quantitative estimate of drug-likeness (QED) is 0.429. The molecule has 7 heteroatoms. The van der Waals surface area contributed by atoms with E-state index in [4.69, 9.17) is 14.8 Å². The molecule has 0 spiro atoms. The first-order valence-electron chi connectivity index (χ1n) is 12.3. The van der Waals surface area contributed by atoms with E-state index in [-0.39, 0.29) is 5.91 Å². The zero-order chi connectivity index (χ0) is 25.4. The van der Waals surface area contributed by atoms with Crippen molar-refractivity contribution in [3.63, 3.8) is 0 Å². The summed E-state index contributed by atoms with van der Waals surface area (Å²) in [5.74, 6) is 1.25. The molecule has 2 aliphatic rings. The second-order valence-corrected chi connectivity index (χ2v) is 9.94. The zero-order valence-electron chi connectivity index (χ0n) is 20.6. The Bertz CT molecular complexity index is 1660. The van der Waals surface area contributed by atoms with Crippen LogP contribution in [-0.4, -0.2) is 22.7 Å². The highest BCUT2D eigenvalue weighted by Gasteiger charge is 2.36. The van der Waals surface area contributed by atoms with Crippen LogP contribution in [0.2, 0.25) is 0 Å². The molecule has 0 unspecified atom stereocenters. The molecule has 4 aromatic carbocycles. The van der Waals surface area contributed by atoms with E-state index in [1.165, 1.54) is 22.9 Å². The van der Waals surface area contributed by atoms with E-state index in [1.54, 1.807) is 5.01 Å². The summed E-state index contributed by atoms with van der Waals surface area (Å²) in [5.41, 5.74) is 3.77. The molecule has 37 heavy (non-hydrogen) atoms. The lowest BCUT2D eigenvalue weighted by atomic mass is 9.99. The molecule has 0 radical (unpaired) electrons. The van der Waals surface area contributed by atoms with Crippen molar-refractivity contribution >= 4 is 39.3 Å². The van der Waals surface area contributed by atoms with Crippen LogP contribution in [0.1, 0.15) is 29.8 Å². The number of carbonyl (C=O) groups excluding carboxylic acids is 1. The van der Waals surface area contributed by atoms with Gasteiger partial charge in [-0.2, -0.15) is 0 Å². The van der Waals surface area contributed by atoms with Gasteiger partial charge in [-0.25, -0.2) is 5.01 Å². The summed E-state index contributed by atoms with van der Waals surface area (Å²) in [4.78, 5) is 18.7. The average Bonchev–Trinajstić information content (AvgIpc) is 2.92. The predicted molar refractivity (Wildman–Crippen MR) is 148 cm³/mol. The van der Waals surface area contributed by atoms with Gasteiger partial charge < -0.3 is 4.74 Å². The lowest BCUT2D eigenvalue weighted by Gasteiger charge is -2.35. The average molecular weight is 507 g/mol. The van der Waals surface area contributed by atoms with Gasteiger partial charge in [0.05, 0.1) is 12.0 Å². The molecule has 184 valence electrons. The fraction of sp³-hybridized carbons (Fsp3) is 0.167. The summed E-state index contributed by atoms with van der Waals surface area (Å²) in [6.45, 7) is 4.56. The Morgan fingerprint density at radius 3 is 2.59 bits per heavy atom. The number of carbonyl (C=O) groups is 1. The van der Waals surface area contributed by atoms with Crippen molar-refractivity contribution in [2.45, 2.75) is 25.8 Å². The van der Waals surface area contributed by atoms with Crippen LogP contribution < -0.4 is 20.6 Å². The maximum Gasteiger partial charge on any atom is 0.276 e. The molecule has 6 rings (SSSR count). The molecule has 4 aromatic rings. The normalized spacial score (nSPS) is 16.4. The zero-order valence-corrected chi connectivity index (χ0v) is 21.5. The van der Waals surface area contributed by atoms with Crippen LogP contribution in [0, 0.1) is 6.92 Å². The van der Waals surface area contributed by atoms with Gasteiger partial charge in [-0.15, -0.1) is 5.10 Å². The molecule has 0 saturated carbocycles. The monoisotopic (exact) mass is 506 g/mol. The summed E-state index contributed by atoms with van der Waals surface area (Å²) >= 11 is 1.50. The third kappa shape index (κ3) is 4.36. The highest BCUT2D eigenvalue weighted by Crippen LogP contribution is 2.40. The van der Waals surface area contributed by atoms with Crippen LogP contribution in [0.3, 0.4) is 0 Å². The Morgan fingerprint density at radius 2 is 1.76 bits per heavy atom. The number of nitrogens with zero attached hydrogens (tertiary/aromatic N) is 3. The summed E-state index contributed by atoms with van der Waals surface area (Å²) in [5, 5.41) is 13.9. The number of benzene rings is 4. The first kappa shape index (κ1) is 23.3. The van der Waals surface area contributed by atoms with Crippen LogP contribution in [0.4, 0.5) is 0 Å². The van der Waals surface area contributed by atoms with Gasteiger partial charge in [0, 0.05) is 16.5 Å². The number of hydrogen-bond donors (Lipinski definition) is 1. The summed E-state index contributed by atoms with van der Waals surface area (Å²) < 4.78 is 6.08. The molecule has 1 N–H and O–H groups in total. The minimum Gasteiger partial charge on any atom is -0.493 e. The fourth-order valence-corrected chi connectivity index (χ4v) is 5.55. The molecule has 0 aliphatic carbocycles. The Hall–Kier alpha value is -4.10. The molecule has 0 bridgehead atoms. The molecule has 0 fully saturated rings. The molecule has 6 nitrogen and oxygen atoms in total. The van der Waals surface area contributed by atoms with E-state index in [0.717, 1.165) is 32.7 Å². The number of ether oxygens (including phenoxy) is 1. The lowest BCUT2D eigenvalue weighted by Crippen LogP contribution is -2.50. The summed E-state index contributed by atoms with van der Waals surface area (Å²) in [6.07, 6.45) is -0.557. The summed E-state index contributed by atoms with van der Waals surface area (Å²) in [7, 11) is 0. The number of nitrogens with one attached hydrogen (secondary N) is 1. The molecule has 2 aliphatic heterocycles. The standard InChI is InChI=1S/C30H26N4O2S/c1-3-36-25-17-16-21-8-4-5-9-22(21)26(25)28-31-24-11-7-6-10-23(24)27-29(35)32-30(33-34(27)28)37-18-20-14-12-19(2)13-15-20/h4-17,28H,3,18H2,1-2H3,(H,32,33,35)/t28-/m0/s1. The van der Waals surface area contributed by atoms with Crippen molar-refractivity contribution in [3.8, 4) is 5.75 Å². The maximum absolute atomic E-state index is 13.6. The van der Waals surface area contributed by atoms with Gasteiger partial charge in [0.2, 0.25) is 0 Å². The number of para-hydroxylation sites is 1. The molecule has 2 heterocycles. The largest absolute Gasteiger partial charge is 0.493 e. The van der Waals surface area contributed by atoms with E-state index >= 15 is 0 Å². The number of amidine groups is 1. The highest BCUT2D eigenvalue weighted by atomic mass is 32.2. The minimum atomic E-state index is -0.557.